The molecule has 4 rings (SSSR count). The van der Waals surface area contributed by atoms with Gasteiger partial charge in [-0.05, 0) is 36.5 Å². The highest BCUT2D eigenvalue weighted by atomic mass is 16.2. The van der Waals surface area contributed by atoms with Crippen LogP contribution in [0.15, 0.2) is 65.7 Å². The van der Waals surface area contributed by atoms with Gasteiger partial charge in [0, 0.05) is 13.0 Å². The van der Waals surface area contributed by atoms with E-state index in [0.29, 0.717) is 23.4 Å². The Labute approximate surface area is 164 Å². The van der Waals surface area contributed by atoms with Gasteiger partial charge in [-0.1, -0.05) is 55.3 Å². The summed E-state index contributed by atoms with van der Waals surface area (Å²) in [5.74, 6) is 0.456. The summed E-state index contributed by atoms with van der Waals surface area (Å²) in [4.78, 5) is 29.6. The topological polar surface area (TPSA) is 64.0 Å². The fraction of sp³-hybridized carbons (Fsp3) is 0.348. The van der Waals surface area contributed by atoms with Crippen LogP contribution >= 0.6 is 0 Å². The van der Waals surface area contributed by atoms with Crippen molar-refractivity contribution in [1.82, 2.24) is 14.9 Å². The molecule has 2 aromatic carbocycles. The number of fused-ring (bicyclic) bond motifs is 1. The third-order valence-electron chi connectivity index (χ3n) is 5.66. The number of nitrogens with one attached hydrogen (secondary N) is 1. The predicted octanol–water partition coefficient (Wildman–Crippen LogP) is 3.83. The van der Waals surface area contributed by atoms with Crippen molar-refractivity contribution >= 4 is 16.8 Å². The number of aromatic nitrogens is 2. The second-order valence-electron chi connectivity index (χ2n) is 7.51. The first kappa shape index (κ1) is 18.4. The smallest absolute Gasteiger partial charge is 0.261 e. The molecule has 1 atom stereocenters. The third-order valence-corrected chi connectivity index (χ3v) is 5.66. The van der Waals surface area contributed by atoms with Gasteiger partial charge in [0.05, 0.1) is 23.3 Å². The van der Waals surface area contributed by atoms with Crippen molar-refractivity contribution in [3.63, 3.8) is 0 Å². The molecular weight excluding hydrogens is 350 g/mol. The standard InChI is InChI=1S/C23H25N3O2/c27-21(14-15-26-16-24-20-13-7-6-12-19(20)23(26)28)25-22(18-10-4-5-11-18)17-8-2-1-3-9-17/h1-3,6-9,12-13,16,18,22H,4-5,10-11,14-15H2,(H,25,27). The van der Waals surface area contributed by atoms with Gasteiger partial charge >= 0.3 is 0 Å². The average molecular weight is 375 g/mol. The summed E-state index contributed by atoms with van der Waals surface area (Å²) in [6, 6.07) is 17.5. The van der Waals surface area contributed by atoms with E-state index in [-0.39, 0.29) is 23.9 Å². The maximum absolute atomic E-state index is 12.7. The summed E-state index contributed by atoms with van der Waals surface area (Å²) in [6.07, 6.45) is 6.53. The van der Waals surface area contributed by atoms with Crippen molar-refractivity contribution in [3.8, 4) is 0 Å². The molecule has 1 aliphatic rings. The highest BCUT2D eigenvalue weighted by molar-refractivity contribution is 5.77. The van der Waals surface area contributed by atoms with Gasteiger partial charge in [0.1, 0.15) is 0 Å². The number of amides is 1. The van der Waals surface area contributed by atoms with Crippen LogP contribution in [0.2, 0.25) is 0 Å². The van der Waals surface area contributed by atoms with Gasteiger partial charge in [-0.2, -0.15) is 0 Å². The molecule has 3 aromatic rings. The van der Waals surface area contributed by atoms with Crippen LogP contribution in [0, 0.1) is 5.92 Å². The molecule has 0 radical (unpaired) electrons. The summed E-state index contributed by atoms with van der Waals surface area (Å²) < 4.78 is 1.52. The minimum atomic E-state index is -0.103. The van der Waals surface area contributed by atoms with Gasteiger partial charge in [0.2, 0.25) is 5.91 Å². The van der Waals surface area contributed by atoms with Crippen molar-refractivity contribution < 1.29 is 4.79 Å². The minimum absolute atomic E-state index is 0.0270. The molecule has 1 saturated carbocycles. The van der Waals surface area contributed by atoms with Crippen molar-refractivity contribution in [2.75, 3.05) is 0 Å². The molecule has 1 unspecified atom stereocenters. The van der Waals surface area contributed by atoms with Gasteiger partial charge in [0.15, 0.2) is 0 Å². The molecule has 1 aliphatic carbocycles. The Balaban J connectivity index is 1.45. The first-order chi connectivity index (χ1) is 13.7. The Hall–Kier alpha value is -2.95. The normalized spacial score (nSPS) is 15.6. The Morgan fingerprint density at radius 3 is 2.57 bits per heavy atom. The lowest BCUT2D eigenvalue weighted by Crippen LogP contribution is -2.34. The molecule has 1 fully saturated rings. The van der Waals surface area contributed by atoms with Crippen molar-refractivity contribution in [2.24, 2.45) is 5.92 Å². The van der Waals surface area contributed by atoms with Crippen molar-refractivity contribution in [2.45, 2.75) is 44.7 Å². The average Bonchev–Trinajstić information content (AvgIpc) is 3.27. The molecule has 0 saturated heterocycles. The largest absolute Gasteiger partial charge is 0.349 e. The second kappa shape index (κ2) is 8.38. The van der Waals surface area contributed by atoms with Gasteiger partial charge in [-0.3, -0.25) is 14.2 Å². The number of carbonyl (C=O) groups excluding carboxylic acids is 1. The Kier molecular flexibility index (Phi) is 5.51. The monoisotopic (exact) mass is 375 g/mol. The summed E-state index contributed by atoms with van der Waals surface area (Å²) in [5, 5.41) is 3.81. The second-order valence-corrected chi connectivity index (χ2v) is 7.51. The van der Waals surface area contributed by atoms with Crippen molar-refractivity contribution in [1.29, 1.82) is 0 Å². The van der Waals surface area contributed by atoms with E-state index in [0.717, 1.165) is 18.4 Å². The SMILES string of the molecule is O=C(CCn1cnc2ccccc2c1=O)NC(c1ccccc1)C1CCCC1. The Morgan fingerprint density at radius 1 is 1.07 bits per heavy atom. The van der Waals surface area contributed by atoms with Crippen molar-refractivity contribution in [3.05, 3.63) is 76.8 Å². The molecule has 144 valence electrons. The van der Waals surface area contributed by atoms with Gasteiger partial charge in [-0.15, -0.1) is 0 Å². The molecule has 5 heteroatoms. The molecule has 0 spiro atoms. The lowest BCUT2D eigenvalue weighted by molar-refractivity contribution is -0.122. The van der Waals surface area contributed by atoms with Crippen LogP contribution < -0.4 is 10.9 Å². The molecule has 1 heterocycles. The maximum Gasteiger partial charge on any atom is 0.261 e. The van der Waals surface area contributed by atoms with Gasteiger partial charge in [0.25, 0.3) is 5.56 Å². The van der Waals surface area contributed by atoms with Crippen LogP contribution in [-0.4, -0.2) is 15.5 Å². The van der Waals surface area contributed by atoms with E-state index < -0.39 is 0 Å². The van der Waals surface area contributed by atoms with E-state index in [4.69, 9.17) is 0 Å². The van der Waals surface area contributed by atoms with Gasteiger partial charge in [-0.25, -0.2) is 4.98 Å². The number of hydrogen-bond donors (Lipinski definition) is 1. The molecule has 28 heavy (non-hydrogen) atoms. The minimum Gasteiger partial charge on any atom is -0.349 e. The lowest BCUT2D eigenvalue weighted by Gasteiger charge is -2.25. The Morgan fingerprint density at radius 2 is 1.79 bits per heavy atom. The fourth-order valence-corrected chi connectivity index (χ4v) is 4.16. The van der Waals surface area contributed by atoms with Crippen LogP contribution in [0.5, 0.6) is 0 Å². The van der Waals surface area contributed by atoms with Crippen LogP contribution in [0.3, 0.4) is 0 Å². The number of benzene rings is 2. The quantitative estimate of drug-likeness (QED) is 0.712. The zero-order valence-electron chi connectivity index (χ0n) is 15.9. The first-order valence-corrected chi connectivity index (χ1v) is 10.0. The maximum atomic E-state index is 12.7. The van der Waals surface area contributed by atoms with E-state index in [9.17, 15) is 9.59 Å². The van der Waals surface area contributed by atoms with Crippen LogP contribution in [-0.2, 0) is 11.3 Å². The van der Waals surface area contributed by atoms with Gasteiger partial charge < -0.3 is 5.32 Å². The van der Waals surface area contributed by atoms with Crippen LogP contribution in [0.25, 0.3) is 10.9 Å². The van der Waals surface area contributed by atoms with Crippen LogP contribution in [0.4, 0.5) is 0 Å². The number of hydrogen-bond acceptors (Lipinski definition) is 3. The number of para-hydroxylation sites is 1. The number of carbonyl (C=O) groups is 1. The van der Waals surface area contributed by atoms with E-state index in [2.05, 4.69) is 22.4 Å². The molecule has 1 aromatic heterocycles. The molecular formula is C23H25N3O2. The predicted molar refractivity (Wildman–Crippen MR) is 110 cm³/mol. The Bertz CT molecular complexity index is 1010. The number of rotatable bonds is 6. The lowest BCUT2D eigenvalue weighted by atomic mass is 9.91. The summed E-state index contributed by atoms with van der Waals surface area (Å²) in [5.41, 5.74) is 1.74. The van der Waals surface area contributed by atoms with E-state index in [1.807, 2.05) is 36.4 Å². The van der Waals surface area contributed by atoms with E-state index >= 15 is 0 Å². The molecule has 1 amide bonds. The molecule has 5 nitrogen and oxygen atoms in total. The molecule has 0 aliphatic heterocycles. The van der Waals surface area contributed by atoms with Crippen LogP contribution in [0.1, 0.15) is 43.7 Å². The zero-order valence-corrected chi connectivity index (χ0v) is 15.9. The number of nitrogens with zero attached hydrogens (tertiary/aromatic N) is 2. The first-order valence-electron chi connectivity index (χ1n) is 10.0. The fourth-order valence-electron chi connectivity index (χ4n) is 4.16. The summed E-state index contributed by atoms with van der Waals surface area (Å²) >= 11 is 0. The highest BCUT2D eigenvalue weighted by Gasteiger charge is 2.27. The molecule has 1 N–H and O–H groups in total. The highest BCUT2D eigenvalue weighted by Crippen LogP contribution is 2.35. The molecule has 0 bridgehead atoms. The summed E-state index contributed by atoms with van der Waals surface area (Å²) in [7, 11) is 0. The van der Waals surface area contributed by atoms with E-state index in [1.54, 1.807) is 6.07 Å². The summed E-state index contributed by atoms with van der Waals surface area (Å²) in [6.45, 7) is 0.328. The third kappa shape index (κ3) is 3.98. The number of aryl methyl sites for hydroxylation is 1. The zero-order chi connectivity index (χ0) is 19.3. The van der Waals surface area contributed by atoms with E-state index in [1.165, 1.54) is 23.7 Å².